The molecule has 0 bridgehead atoms. The molecule has 1 N–H and O–H groups in total. The molecule has 122 valence electrons. The van der Waals surface area contributed by atoms with E-state index in [1.165, 1.54) is 17.6 Å². The zero-order chi connectivity index (χ0) is 16.1. The van der Waals surface area contributed by atoms with Gasteiger partial charge in [0.05, 0.1) is 0 Å². The number of Topliss-reactive ketones (excluding diaryl/α,β-unsaturated/α-hetero) is 1. The van der Waals surface area contributed by atoms with Gasteiger partial charge < -0.3 is 5.11 Å². The number of hydrogen-bond acceptors (Lipinski definition) is 2. The molecule has 0 aromatic heterocycles. The molecular weight excluding hydrogens is 272 g/mol. The normalized spacial score (nSPS) is 45.3. The van der Waals surface area contributed by atoms with Crippen LogP contribution in [-0.4, -0.2) is 17.5 Å². The molecule has 0 amide bonds. The van der Waals surface area contributed by atoms with Crippen LogP contribution >= 0.6 is 0 Å². The van der Waals surface area contributed by atoms with E-state index in [0.717, 1.165) is 25.7 Å². The van der Waals surface area contributed by atoms with Gasteiger partial charge in [0.1, 0.15) is 5.78 Å². The van der Waals surface area contributed by atoms with Gasteiger partial charge in [0.25, 0.3) is 0 Å². The van der Waals surface area contributed by atoms with Gasteiger partial charge in [-0.1, -0.05) is 38.5 Å². The Kier molecular flexibility index (Phi) is 3.87. The zero-order valence-electron chi connectivity index (χ0n) is 14.3. The summed E-state index contributed by atoms with van der Waals surface area (Å²) in [6.07, 6.45) is 8.19. The maximum absolute atomic E-state index is 13.0. The van der Waals surface area contributed by atoms with Crippen molar-refractivity contribution in [1.29, 1.82) is 0 Å². The lowest BCUT2D eigenvalue weighted by molar-refractivity contribution is -0.159. The first-order valence-corrected chi connectivity index (χ1v) is 8.83. The van der Waals surface area contributed by atoms with Crippen molar-refractivity contribution in [2.75, 3.05) is 6.61 Å². The number of ketones is 1. The van der Waals surface area contributed by atoms with Crippen molar-refractivity contribution in [2.24, 2.45) is 28.6 Å². The van der Waals surface area contributed by atoms with Crippen molar-refractivity contribution in [2.45, 2.75) is 59.3 Å². The number of rotatable bonds is 2. The first-order chi connectivity index (χ1) is 10.4. The maximum atomic E-state index is 13.0. The van der Waals surface area contributed by atoms with Crippen molar-refractivity contribution in [3.63, 3.8) is 0 Å². The van der Waals surface area contributed by atoms with Crippen molar-refractivity contribution in [1.82, 2.24) is 0 Å². The van der Waals surface area contributed by atoms with E-state index in [4.69, 9.17) is 0 Å². The van der Waals surface area contributed by atoms with E-state index in [2.05, 4.69) is 27.4 Å². The first kappa shape index (κ1) is 16.0. The summed E-state index contributed by atoms with van der Waals surface area (Å²) in [7, 11) is 0. The van der Waals surface area contributed by atoms with Crippen molar-refractivity contribution in [3.8, 4) is 0 Å². The first-order valence-electron chi connectivity index (χ1n) is 8.83. The lowest BCUT2D eigenvalue weighted by Gasteiger charge is -2.60. The molecule has 0 aromatic carbocycles. The van der Waals surface area contributed by atoms with Gasteiger partial charge in [-0.05, 0) is 55.4 Å². The van der Waals surface area contributed by atoms with Gasteiger partial charge in [-0.2, -0.15) is 0 Å². The summed E-state index contributed by atoms with van der Waals surface area (Å²) in [5.41, 5.74) is 2.60. The molecule has 3 aliphatic carbocycles. The third-order valence-electron chi connectivity index (χ3n) is 7.29. The van der Waals surface area contributed by atoms with Crippen molar-refractivity contribution >= 4 is 5.78 Å². The summed E-state index contributed by atoms with van der Waals surface area (Å²) in [4.78, 5) is 13.0. The average Bonchev–Trinajstić information content (AvgIpc) is 2.48. The Bertz CT molecular complexity index is 532. The van der Waals surface area contributed by atoms with E-state index < -0.39 is 0 Å². The van der Waals surface area contributed by atoms with Gasteiger partial charge in [0, 0.05) is 24.4 Å². The molecule has 0 spiro atoms. The van der Waals surface area contributed by atoms with Crippen LogP contribution in [0.1, 0.15) is 59.3 Å². The Hall–Kier alpha value is -0.890. The molecule has 22 heavy (non-hydrogen) atoms. The van der Waals surface area contributed by atoms with Gasteiger partial charge >= 0.3 is 0 Å². The third-order valence-corrected chi connectivity index (χ3v) is 7.29. The summed E-state index contributed by atoms with van der Waals surface area (Å²) in [6.45, 7) is 10.8. The summed E-state index contributed by atoms with van der Waals surface area (Å²) in [5, 5.41) is 9.97. The largest absolute Gasteiger partial charge is 0.396 e. The predicted octanol–water partition coefficient (Wildman–Crippen LogP) is 4.29. The van der Waals surface area contributed by atoms with Crippen LogP contribution in [0.5, 0.6) is 0 Å². The second kappa shape index (κ2) is 5.33. The number of allylic oxidation sites excluding steroid dienone is 3. The highest BCUT2D eigenvalue weighted by Crippen LogP contribution is 2.63. The van der Waals surface area contributed by atoms with Gasteiger partial charge in [0.2, 0.25) is 0 Å². The molecule has 3 rings (SSSR count). The Labute approximate surface area is 134 Å². The van der Waals surface area contributed by atoms with E-state index in [1.807, 2.05) is 6.08 Å². The van der Waals surface area contributed by atoms with Crippen LogP contribution in [0, 0.1) is 28.6 Å². The SMILES string of the molecule is C=CC1=C(C)C2CC(=O)C3C(C)(CO)CCCC3(C)C2CC1. The van der Waals surface area contributed by atoms with Crippen molar-refractivity contribution < 1.29 is 9.90 Å². The second-order valence-corrected chi connectivity index (χ2v) is 8.44. The minimum Gasteiger partial charge on any atom is -0.396 e. The number of fused-ring (bicyclic) bond motifs is 3. The van der Waals surface area contributed by atoms with E-state index in [0.29, 0.717) is 24.0 Å². The lowest BCUT2D eigenvalue weighted by Crippen LogP contribution is -2.58. The van der Waals surface area contributed by atoms with E-state index >= 15 is 0 Å². The van der Waals surface area contributed by atoms with Crippen LogP contribution in [0.3, 0.4) is 0 Å². The molecule has 0 aliphatic heterocycles. The quantitative estimate of drug-likeness (QED) is 0.826. The highest BCUT2D eigenvalue weighted by molar-refractivity contribution is 5.84. The third kappa shape index (κ3) is 2.06. The Morgan fingerprint density at radius 1 is 1.36 bits per heavy atom. The summed E-state index contributed by atoms with van der Waals surface area (Å²) in [5.74, 6) is 1.42. The zero-order valence-corrected chi connectivity index (χ0v) is 14.3. The van der Waals surface area contributed by atoms with Crippen LogP contribution < -0.4 is 0 Å². The predicted molar refractivity (Wildman–Crippen MR) is 89.4 cm³/mol. The van der Waals surface area contributed by atoms with Gasteiger partial charge in [-0.25, -0.2) is 0 Å². The fourth-order valence-electron chi connectivity index (χ4n) is 6.22. The number of aliphatic hydroxyl groups is 1. The highest BCUT2D eigenvalue weighted by Gasteiger charge is 2.60. The van der Waals surface area contributed by atoms with Crippen molar-refractivity contribution in [3.05, 3.63) is 23.8 Å². The van der Waals surface area contributed by atoms with E-state index in [1.54, 1.807) is 0 Å². The molecule has 0 aromatic rings. The minimum absolute atomic E-state index is 0.0399. The highest BCUT2D eigenvalue weighted by atomic mass is 16.3. The fourth-order valence-corrected chi connectivity index (χ4v) is 6.22. The van der Waals surface area contributed by atoms with Gasteiger partial charge in [0.15, 0.2) is 0 Å². The van der Waals surface area contributed by atoms with Crippen LogP contribution in [0.25, 0.3) is 0 Å². The number of carbonyl (C=O) groups excluding carboxylic acids is 1. The molecule has 2 heteroatoms. The molecule has 3 aliphatic rings. The second-order valence-electron chi connectivity index (χ2n) is 8.44. The average molecular weight is 302 g/mol. The summed E-state index contributed by atoms with van der Waals surface area (Å²) in [6, 6.07) is 0. The molecule has 2 saturated carbocycles. The monoisotopic (exact) mass is 302 g/mol. The van der Waals surface area contributed by atoms with E-state index in [9.17, 15) is 9.90 Å². The topological polar surface area (TPSA) is 37.3 Å². The summed E-state index contributed by atoms with van der Waals surface area (Å²) >= 11 is 0. The Balaban J connectivity index is 2.04. The maximum Gasteiger partial charge on any atom is 0.137 e. The Morgan fingerprint density at radius 2 is 2.09 bits per heavy atom. The molecule has 5 unspecified atom stereocenters. The van der Waals surface area contributed by atoms with E-state index in [-0.39, 0.29) is 23.4 Å². The smallest absolute Gasteiger partial charge is 0.137 e. The number of aliphatic hydroxyl groups excluding tert-OH is 1. The van der Waals surface area contributed by atoms with Gasteiger partial charge in [-0.3, -0.25) is 4.79 Å². The standard InChI is InChI=1S/C20H30O2/c1-5-14-7-8-16-15(13(14)2)11-17(22)18-19(3,12-21)9-6-10-20(16,18)4/h5,15-16,18,21H,1,6-12H2,2-4H3. The van der Waals surface area contributed by atoms with Crippen LogP contribution in [0.15, 0.2) is 23.8 Å². The fraction of sp³-hybridized carbons (Fsp3) is 0.750. The van der Waals surface area contributed by atoms with Gasteiger partial charge in [-0.15, -0.1) is 0 Å². The van der Waals surface area contributed by atoms with Crippen LogP contribution in [0.4, 0.5) is 0 Å². The lowest BCUT2D eigenvalue weighted by atomic mass is 9.44. The Morgan fingerprint density at radius 3 is 2.73 bits per heavy atom. The molecule has 0 heterocycles. The summed E-state index contributed by atoms with van der Waals surface area (Å²) < 4.78 is 0. The number of carbonyl (C=O) groups is 1. The molecular formula is C20H30O2. The molecule has 0 saturated heterocycles. The molecule has 0 radical (unpaired) electrons. The van der Waals surface area contributed by atoms with Crippen LogP contribution in [0.2, 0.25) is 0 Å². The molecule has 2 fully saturated rings. The number of hydrogen-bond donors (Lipinski definition) is 1. The molecule has 2 nitrogen and oxygen atoms in total. The molecule has 5 atom stereocenters. The van der Waals surface area contributed by atoms with Crippen LogP contribution in [-0.2, 0) is 4.79 Å². The minimum atomic E-state index is -0.217.